The van der Waals surface area contributed by atoms with Crippen molar-refractivity contribution in [2.45, 2.75) is 12.5 Å². The molecular weight excluding hydrogens is 422 g/mol. The molecule has 0 aliphatic carbocycles. The summed E-state index contributed by atoms with van der Waals surface area (Å²) >= 11 is 0. The number of nitrogens with zero attached hydrogens (tertiary/aromatic N) is 3. The molecule has 0 aromatic heterocycles. The van der Waals surface area contributed by atoms with E-state index in [1.54, 1.807) is 29.2 Å². The molecule has 2 heterocycles. The molecule has 0 unspecified atom stereocenters. The molecule has 4 N–H and O–H groups in total. The lowest BCUT2D eigenvalue weighted by molar-refractivity contribution is 0.0318. The van der Waals surface area contributed by atoms with Crippen LogP contribution in [0.5, 0.6) is 0 Å². The summed E-state index contributed by atoms with van der Waals surface area (Å²) < 4.78 is 5.37. The number of anilines is 3. The fourth-order valence-electron chi connectivity index (χ4n) is 4.37. The van der Waals surface area contributed by atoms with Gasteiger partial charge < -0.3 is 30.7 Å². The van der Waals surface area contributed by atoms with E-state index in [1.165, 1.54) is 0 Å². The first-order valence-corrected chi connectivity index (χ1v) is 11.3. The van der Waals surface area contributed by atoms with Gasteiger partial charge in [-0.2, -0.15) is 0 Å². The summed E-state index contributed by atoms with van der Waals surface area (Å²) in [5.41, 5.74) is 8.52. The number of morpholine rings is 1. The number of rotatable bonds is 7. The monoisotopic (exact) mass is 453 g/mol. The fraction of sp³-hybridized carbons (Fsp3) is 0.417. The van der Waals surface area contributed by atoms with Crippen molar-refractivity contribution in [1.29, 1.82) is 0 Å². The second-order valence-electron chi connectivity index (χ2n) is 8.41. The van der Waals surface area contributed by atoms with Crippen LogP contribution < -0.4 is 16.0 Å². The molecule has 0 spiro atoms. The Hall–Kier alpha value is -3.30. The Balaban J connectivity index is 1.33. The van der Waals surface area contributed by atoms with Crippen LogP contribution in [0.25, 0.3) is 0 Å². The first-order valence-electron chi connectivity index (χ1n) is 11.3. The van der Waals surface area contributed by atoms with Crippen molar-refractivity contribution in [3.63, 3.8) is 0 Å². The number of hydrogen-bond acceptors (Lipinski definition) is 6. The number of nitrogen functional groups attached to an aromatic ring is 1. The number of para-hydroxylation sites is 2. The zero-order valence-corrected chi connectivity index (χ0v) is 18.7. The van der Waals surface area contributed by atoms with Crippen molar-refractivity contribution < 1.29 is 19.4 Å². The minimum Gasteiger partial charge on any atom is -0.465 e. The molecule has 2 aliphatic heterocycles. The van der Waals surface area contributed by atoms with Crippen molar-refractivity contribution in [1.82, 2.24) is 9.80 Å². The molecule has 1 atom stereocenters. The summed E-state index contributed by atoms with van der Waals surface area (Å²) in [6, 6.07) is 14.5. The van der Waals surface area contributed by atoms with Crippen LogP contribution in [0.1, 0.15) is 16.8 Å². The van der Waals surface area contributed by atoms with Crippen molar-refractivity contribution in [3.05, 3.63) is 54.1 Å². The molecule has 2 saturated heterocycles. The van der Waals surface area contributed by atoms with E-state index in [9.17, 15) is 14.7 Å². The van der Waals surface area contributed by atoms with Crippen LogP contribution in [-0.4, -0.2) is 85.4 Å². The number of hydrogen-bond donors (Lipinski definition) is 3. The number of ether oxygens (including phenoxy) is 1. The largest absolute Gasteiger partial charge is 0.465 e. The number of carbonyl (C=O) groups excluding carboxylic acids is 1. The van der Waals surface area contributed by atoms with E-state index in [0.29, 0.717) is 43.2 Å². The summed E-state index contributed by atoms with van der Waals surface area (Å²) in [7, 11) is 0. The Morgan fingerprint density at radius 1 is 1.09 bits per heavy atom. The molecule has 4 rings (SSSR count). The van der Waals surface area contributed by atoms with Gasteiger partial charge in [0.2, 0.25) is 0 Å². The van der Waals surface area contributed by atoms with Gasteiger partial charge in [-0.15, -0.1) is 0 Å². The van der Waals surface area contributed by atoms with Gasteiger partial charge in [-0.1, -0.05) is 12.1 Å². The van der Waals surface area contributed by atoms with Crippen molar-refractivity contribution in [3.8, 4) is 0 Å². The minimum atomic E-state index is -0.873. The molecule has 9 heteroatoms. The maximum atomic E-state index is 12.6. The number of carbonyl (C=O) groups is 2. The molecule has 2 fully saturated rings. The Bertz CT molecular complexity index is 962. The maximum absolute atomic E-state index is 12.6. The molecule has 0 bridgehead atoms. The summed E-state index contributed by atoms with van der Waals surface area (Å²) in [6.45, 7) is 5.74. The molecule has 2 aromatic rings. The standard InChI is InChI=1S/C24H31N5O4/c25-21-3-1-2-4-22(21)26-23(30)18-5-7-19(8-6-18)28-10-9-20(17-28)29(24(31)32)12-11-27-13-15-33-16-14-27/h1-8,20H,9-17,25H2,(H,26,30)(H,31,32)/t20-/m0/s1. The van der Waals surface area contributed by atoms with Gasteiger partial charge >= 0.3 is 6.09 Å². The zero-order valence-electron chi connectivity index (χ0n) is 18.7. The van der Waals surface area contributed by atoms with Gasteiger partial charge in [-0.05, 0) is 42.8 Å². The highest BCUT2D eigenvalue weighted by Crippen LogP contribution is 2.24. The van der Waals surface area contributed by atoms with Gasteiger partial charge in [0.1, 0.15) is 0 Å². The lowest BCUT2D eigenvalue weighted by Gasteiger charge is -2.31. The summed E-state index contributed by atoms with van der Waals surface area (Å²) in [6.07, 6.45) is -0.0902. The third-order valence-electron chi connectivity index (χ3n) is 6.31. The molecule has 0 saturated carbocycles. The van der Waals surface area contributed by atoms with Crippen LogP contribution in [0.4, 0.5) is 21.9 Å². The first-order chi connectivity index (χ1) is 16.0. The van der Waals surface area contributed by atoms with Crippen molar-refractivity contribution in [2.75, 3.05) is 68.4 Å². The quantitative estimate of drug-likeness (QED) is 0.552. The number of nitrogens with two attached hydrogens (primary N) is 1. The van der Waals surface area contributed by atoms with Gasteiger partial charge in [0.25, 0.3) is 5.91 Å². The third-order valence-corrected chi connectivity index (χ3v) is 6.31. The second-order valence-corrected chi connectivity index (χ2v) is 8.41. The minimum absolute atomic E-state index is 0.0485. The molecule has 176 valence electrons. The molecule has 33 heavy (non-hydrogen) atoms. The van der Waals surface area contributed by atoms with Gasteiger partial charge in [-0.3, -0.25) is 9.69 Å². The predicted molar refractivity (Wildman–Crippen MR) is 128 cm³/mol. The Morgan fingerprint density at radius 2 is 1.82 bits per heavy atom. The highest BCUT2D eigenvalue weighted by molar-refractivity contribution is 6.05. The highest BCUT2D eigenvalue weighted by atomic mass is 16.5. The Morgan fingerprint density at radius 3 is 2.52 bits per heavy atom. The van der Waals surface area contributed by atoms with E-state index < -0.39 is 6.09 Å². The third kappa shape index (κ3) is 5.74. The van der Waals surface area contributed by atoms with Crippen LogP contribution >= 0.6 is 0 Å². The molecule has 0 radical (unpaired) electrons. The lowest BCUT2D eigenvalue weighted by Crippen LogP contribution is -2.47. The van der Waals surface area contributed by atoms with Crippen molar-refractivity contribution >= 4 is 29.1 Å². The average molecular weight is 454 g/mol. The molecular formula is C24H31N5O4. The van der Waals surface area contributed by atoms with E-state index in [4.69, 9.17) is 10.5 Å². The van der Waals surface area contributed by atoms with Crippen LogP contribution in [0.3, 0.4) is 0 Å². The second kappa shape index (κ2) is 10.5. The van der Waals surface area contributed by atoms with Gasteiger partial charge in [0.05, 0.1) is 30.6 Å². The SMILES string of the molecule is Nc1ccccc1NC(=O)c1ccc(N2CC[C@H](N(CCN3CCOCC3)C(=O)O)C2)cc1. The fourth-order valence-corrected chi connectivity index (χ4v) is 4.37. The van der Waals surface area contributed by atoms with E-state index in [0.717, 1.165) is 38.3 Å². The summed E-state index contributed by atoms with van der Waals surface area (Å²) in [4.78, 5) is 30.5. The number of benzene rings is 2. The van der Waals surface area contributed by atoms with Gasteiger partial charge in [0.15, 0.2) is 0 Å². The molecule has 2 aromatic carbocycles. The van der Waals surface area contributed by atoms with E-state index >= 15 is 0 Å². The average Bonchev–Trinajstić information content (AvgIpc) is 3.31. The van der Waals surface area contributed by atoms with Crippen molar-refractivity contribution in [2.24, 2.45) is 0 Å². The molecule has 9 nitrogen and oxygen atoms in total. The number of amides is 2. The summed E-state index contributed by atoms with van der Waals surface area (Å²) in [5, 5.41) is 12.6. The van der Waals surface area contributed by atoms with E-state index in [1.807, 2.05) is 24.3 Å². The molecule has 2 amide bonds. The van der Waals surface area contributed by atoms with E-state index in [-0.39, 0.29) is 11.9 Å². The normalized spacial score (nSPS) is 18.8. The van der Waals surface area contributed by atoms with Crippen LogP contribution in [0.2, 0.25) is 0 Å². The highest BCUT2D eigenvalue weighted by Gasteiger charge is 2.31. The Labute approximate surface area is 193 Å². The smallest absolute Gasteiger partial charge is 0.407 e. The van der Waals surface area contributed by atoms with Gasteiger partial charge in [-0.25, -0.2) is 4.79 Å². The van der Waals surface area contributed by atoms with E-state index in [2.05, 4.69) is 15.1 Å². The van der Waals surface area contributed by atoms with Crippen LogP contribution in [0, 0.1) is 0 Å². The van der Waals surface area contributed by atoms with Gasteiger partial charge in [0, 0.05) is 50.5 Å². The van der Waals surface area contributed by atoms with Crippen LogP contribution in [-0.2, 0) is 4.74 Å². The zero-order chi connectivity index (χ0) is 23.2. The topological polar surface area (TPSA) is 111 Å². The first kappa shape index (κ1) is 22.9. The molecule has 2 aliphatic rings. The number of carboxylic acid groups (broad SMARTS) is 1. The van der Waals surface area contributed by atoms with Crippen LogP contribution in [0.15, 0.2) is 48.5 Å². The predicted octanol–water partition coefficient (Wildman–Crippen LogP) is 2.41. The lowest BCUT2D eigenvalue weighted by atomic mass is 10.1. The maximum Gasteiger partial charge on any atom is 0.407 e. The number of nitrogens with one attached hydrogen (secondary N) is 1. The summed E-state index contributed by atoms with van der Waals surface area (Å²) in [5.74, 6) is -0.223. The Kier molecular flexibility index (Phi) is 7.31.